The molecule has 0 bridgehead atoms. The van der Waals surface area contributed by atoms with Crippen LogP contribution in [0.2, 0.25) is 0 Å². The molecule has 22 heavy (non-hydrogen) atoms. The van der Waals surface area contributed by atoms with Crippen molar-refractivity contribution in [3.05, 3.63) is 29.1 Å². The van der Waals surface area contributed by atoms with E-state index in [9.17, 15) is 22.8 Å². The molecule has 2 heterocycles. The second-order valence-corrected chi connectivity index (χ2v) is 5.10. The number of hydrogen-bond donors (Lipinski definition) is 1. The van der Waals surface area contributed by atoms with E-state index < -0.39 is 17.8 Å². The molecule has 0 saturated carbocycles. The first-order valence-electron chi connectivity index (χ1n) is 6.90. The number of aromatic nitrogens is 1. The molecule has 1 fully saturated rings. The van der Waals surface area contributed by atoms with Crippen molar-refractivity contribution in [2.24, 2.45) is 0 Å². The van der Waals surface area contributed by atoms with Gasteiger partial charge in [0.05, 0.1) is 17.8 Å². The van der Waals surface area contributed by atoms with Crippen molar-refractivity contribution in [1.29, 1.82) is 0 Å². The molecule has 0 aliphatic carbocycles. The van der Waals surface area contributed by atoms with Gasteiger partial charge in [-0.15, -0.1) is 0 Å². The van der Waals surface area contributed by atoms with E-state index in [1.165, 1.54) is 6.92 Å². The van der Waals surface area contributed by atoms with Crippen molar-refractivity contribution in [1.82, 2.24) is 15.2 Å². The summed E-state index contributed by atoms with van der Waals surface area (Å²) in [7, 11) is 0. The van der Waals surface area contributed by atoms with Crippen LogP contribution in [0.5, 0.6) is 0 Å². The minimum absolute atomic E-state index is 0.0269. The number of nitrogens with one attached hydrogen (secondary N) is 1. The van der Waals surface area contributed by atoms with Crippen molar-refractivity contribution in [2.45, 2.75) is 25.9 Å². The van der Waals surface area contributed by atoms with E-state index in [0.717, 1.165) is 25.0 Å². The maximum Gasteiger partial charge on any atom is 0.433 e. The number of rotatable bonds is 3. The molecule has 1 N–H and O–H groups in total. The molecular weight excluding hydrogens is 299 g/mol. The summed E-state index contributed by atoms with van der Waals surface area (Å²) in [5, 5.41) is 2.42. The Kier molecular flexibility index (Phi) is 4.68. The van der Waals surface area contributed by atoms with Crippen molar-refractivity contribution in [3.8, 4) is 0 Å². The Balaban J connectivity index is 1.99. The molecule has 0 aromatic carbocycles. The van der Waals surface area contributed by atoms with Crippen LogP contribution in [0, 0.1) is 6.92 Å². The third-order valence-electron chi connectivity index (χ3n) is 3.48. The predicted octanol–water partition coefficient (Wildman–Crippen LogP) is 1.76. The number of amides is 2. The highest BCUT2D eigenvalue weighted by atomic mass is 19.4. The molecule has 0 radical (unpaired) electrons. The molecule has 5 nitrogen and oxygen atoms in total. The molecule has 0 unspecified atom stereocenters. The number of carbonyl (C=O) groups excluding carboxylic acids is 2. The van der Waals surface area contributed by atoms with E-state index in [0.29, 0.717) is 13.1 Å². The van der Waals surface area contributed by atoms with Gasteiger partial charge in [-0.2, -0.15) is 13.2 Å². The second kappa shape index (κ2) is 6.33. The van der Waals surface area contributed by atoms with Gasteiger partial charge in [0.1, 0.15) is 5.69 Å². The molecule has 1 aliphatic heterocycles. The molecule has 0 spiro atoms. The normalized spacial score (nSPS) is 15.0. The van der Waals surface area contributed by atoms with Gasteiger partial charge in [0.25, 0.3) is 5.91 Å². The van der Waals surface area contributed by atoms with Crippen LogP contribution in [0.3, 0.4) is 0 Å². The maximum atomic E-state index is 12.5. The van der Waals surface area contributed by atoms with E-state index in [1.54, 1.807) is 4.90 Å². The van der Waals surface area contributed by atoms with Gasteiger partial charge in [-0.3, -0.25) is 9.59 Å². The molecule has 1 saturated heterocycles. The first-order valence-corrected chi connectivity index (χ1v) is 6.90. The van der Waals surface area contributed by atoms with Gasteiger partial charge < -0.3 is 10.2 Å². The van der Waals surface area contributed by atoms with Crippen LogP contribution < -0.4 is 5.32 Å². The van der Waals surface area contributed by atoms with E-state index in [1.807, 2.05) is 0 Å². The summed E-state index contributed by atoms with van der Waals surface area (Å²) in [4.78, 5) is 28.8. The molecule has 8 heteroatoms. The Morgan fingerprint density at radius 2 is 1.91 bits per heavy atom. The summed E-state index contributed by atoms with van der Waals surface area (Å²) >= 11 is 0. The largest absolute Gasteiger partial charge is 0.433 e. The van der Waals surface area contributed by atoms with Gasteiger partial charge in [0.15, 0.2) is 0 Å². The summed E-state index contributed by atoms with van der Waals surface area (Å²) in [6.07, 6.45) is -2.66. The van der Waals surface area contributed by atoms with Gasteiger partial charge in [-0.05, 0) is 31.9 Å². The van der Waals surface area contributed by atoms with Crippen LogP contribution in [0.1, 0.15) is 34.6 Å². The topological polar surface area (TPSA) is 62.3 Å². The number of halogens is 3. The monoisotopic (exact) mass is 315 g/mol. The third-order valence-corrected chi connectivity index (χ3v) is 3.48. The standard InChI is InChI=1S/C14H16F3N3O2/c1-9-10(4-5-11(19-9)14(15,16)17)13(22)18-8-12(21)20-6-2-3-7-20/h4-5H,2-3,6-8H2,1H3,(H,18,22). The van der Waals surface area contributed by atoms with Crippen molar-refractivity contribution < 1.29 is 22.8 Å². The molecular formula is C14H16F3N3O2. The summed E-state index contributed by atoms with van der Waals surface area (Å²) in [6, 6.07) is 1.82. The Morgan fingerprint density at radius 1 is 1.27 bits per heavy atom. The summed E-state index contributed by atoms with van der Waals surface area (Å²) < 4.78 is 37.5. The average molecular weight is 315 g/mol. The zero-order valence-electron chi connectivity index (χ0n) is 12.0. The molecule has 2 rings (SSSR count). The lowest BCUT2D eigenvalue weighted by Crippen LogP contribution is -2.38. The number of aryl methyl sites for hydroxylation is 1. The first-order chi connectivity index (χ1) is 10.3. The lowest BCUT2D eigenvalue weighted by Gasteiger charge is -2.16. The summed E-state index contributed by atoms with van der Waals surface area (Å²) in [5.74, 6) is -0.797. The Labute approximate surface area is 125 Å². The molecule has 1 aromatic heterocycles. The van der Waals surface area contributed by atoms with Gasteiger partial charge in [-0.1, -0.05) is 0 Å². The highest BCUT2D eigenvalue weighted by molar-refractivity contribution is 5.97. The van der Waals surface area contributed by atoms with Crippen molar-refractivity contribution in [2.75, 3.05) is 19.6 Å². The SMILES string of the molecule is Cc1nc(C(F)(F)F)ccc1C(=O)NCC(=O)N1CCCC1. The average Bonchev–Trinajstić information content (AvgIpc) is 2.97. The fourth-order valence-electron chi connectivity index (χ4n) is 2.29. The first kappa shape index (κ1) is 16.3. The van der Waals surface area contributed by atoms with E-state index in [-0.39, 0.29) is 23.7 Å². The Bertz CT molecular complexity index is 581. The molecule has 1 aromatic rings. The Hall–Kier alpha value is -2.12. The van der Waals surface area contributed by atoms with Gasteiger partial charge in [0.2, 0.25) is 5.91 Å². The second-order valence-electron chi connectivity index (χ2n) is 5.10. The smallest absolute Gasteiger partial charge is 0.343 e. The fraction of sp³-hybridized carbons (Fsp3) is 0.500. The highest BCUT2D eigenvalue weighted by Crippen LogP contribution is 2.28. The number of hydrogen-bond acceptors (Lipinski definition) is 3. The highest BCUT2D eigenvalue weighted by Gasteiger charge is 2.33. The minimum Gasteiger partial charge on any atom is -0.343 e. The van der Waals surface area contributed by atoms with Crippen molar-refractivity contribution >= 4 is 11.8 Å². The van der Waals surface area contributed by atoms with E-state index in [2.05, 4.69) is 10.3 Å². The van der Waals surface area contributed by atoms with Crippen LogP contribution >= 0.6 is 0 Å². The Morgan fingerprint density at radius 3 is 2.45 bits per heavy atom. The quantitative estimate of drug-likeness (QED) is 0.924. The van der Waals surface area contributed by atoms with Crippen LogP contribution in [0.15, 0.2) is 12.1 Å². The predicted molar refractivity (Wildman–Crippen MR) is 72.1 cm³/mol. The zero-order valence-corrected chi connectivity index (χ0v) is 12.0. The molecule has 0 atom stereocenters. The number of pyridine rings is 1. The lowest BCUT2D eigenvalue weighted by molar-refractivity contribution is -0.141. The molecule has 2 amide bonds. The van der Waals surface area contributed by atoms with Gasteiger partial charge >= 0.3 is 6.18 Å². The van der Waals surface area contributed by atoms with E-state index in [4.69, 9.17) is 0 Å². The summed E-state index contributed by atoms with van der Waals surface area (Å²) in [5.41, 5.74) is -1.04. The van der Waals surface area contributed by atoms with Gasteiger partial charge in [-0.25, -0.2) is 4.98 Å². The third kappa shape index (κ3) is 3.75. The van der Waals surface area contributed by atoms with E-state index >= 15 is 0 Å². The van der Waals surface area contributed by atoms with Crippen LogP contribution in [0.25, 0.3) is 0 Å². The number of nitrogens with zero attached hydrogens (tertiary/aromatic N) is 2. The number of likely N-dealkylation sites (tertiary alicyclic amines) is 1. The number of carbonyl (C=O) groups is 2. The van der Waals surface area contributed by atoms with Crippen LogP contribution in [-0.2, 0) is 11.0 Å². The van der Waals surface area contributed by atoms with Crippen LogP contribution in [0.4, 0.5) is 13.2 Å². The molecule has 1 aliphatic rings. The zero-order chi connectivity index (χ0) is 16.3. The lowest BCUT2D eigenvalue weighted by atomic mass is 10.1. The fourth-order valence-corrected chi connectivity index (χ4v) is 2.29. The maximum absolute atomic E-state index is 12.5. The minimum atomic E-state index is -4.55. The summed E-state index contributed by atoms with van der Waals surface area (Å²) in [6.45, 7) is 2.51. The number of alkyl halides is 3. The molecule has 120 valence electrons. The van der Waals surface area contributed by atoms with Crippen LogP contribution in [-0.4, -0.2) is 41.3 Å². The van der Waals surface area contributed by atoms with Crippen molar-refractivity contribution in [3.63, 3.8) is 0 Å². The van der Waals surface area contributed by atoms with Gasteiger partial charge in [0, 0.05) is 13.1 Å².